The first-order valence-corrected chi connectivity index (χ1v) is 8.43. The standard InChI is InChI=1S/C13H22N4O3S/c1-21-8-5-10(16-6-8)13(20)17-9(11(14)18)4-7-2-3-15-12(7)19/h7-10,16H,2-6H2,1H3,(H2,14,18)(H,15,19)(H,17,20)/t7-,8?,9-,10?/m0/s1. The highest BCUT2D eigenvalue weighted by Crippen LogP contribution is 2.19. The summed E-state index contributed by atoms with van der Waals surface area (Å²) < 4.78 is 0. The Morgan fingerprint density at radius 2 is 2.29 bits per heavy atom. The van der Waals surface area contributed by atoms with Gasteiger partial charge in [0.05, 0.1) is 6.04 Å². The van der Waals surface area contributed by atoms with Crippen LogP contribution in [0.15, 0.2) is 0 Å². The molecule has 5 N–H and O–H groups in total. The van der Waals surface area contributed by atoms with Crippen LogP contribution in [0.1, 0.15) is 19.3 Å². The second kappa shape index (κ2) is 7.13. The van der Waals surface area contributed by atoms with E-state index in [-0.39, 0.29) is 30.2 Å². The van der Waals surface area contributed by atoms with Gasteiger partial charge >= 0.3 is 0 Å². The number of amides is 3. The molecule has 2 saturated heterocycles. The Morgan fingerprint density at radius 3 is 2.81 bits per heavy atom. The fraction of sp³-hybridized carbons (Fsp3) is 0.769. The van der Waals surface area contributed by atoms with E-state index in [1.165, 1.54) is 0 Å². The number of nitrogens with two attached hydrogens (primary N) is 1. The van der Waals surface area contributed by atoms with Gasteiger partial charge in [0.15, 0.2) is 0 Å². The highest BCUT2D eigenvalue weighted by atomic mass is 32.2. The van der Waals surface area contributed by atoms with Crippen molar-refractivity contribution in [1.29, 1.82) is 0 Å². The zero-order chi connectivity index (χ0) is 15.4. The van der Waals surface area contributed by atoms with Gasteiger partial charge in [0.2, 0.25) is 17.7 Å². The molecule has 0 aromatic heterocycles. The van der Waals surface area contributed by atoms with Gasteiger partial charge in [-0.05, 0) is 25.5 Å². The molecule has 21 heavy (non-hydrogen) atoms. The fourth-order valence-corrected chi connectivity index (χ4v) is 3.40. The molecule has 2 rings (SSSR count). The maximum absolute atomic E-state index is 12.2. The van der Waals surface area contributed by atoms with Crippen LogP contribution >= 0.6 is 11.8 Å². The Hall–Kier alpha value is -1.28. The average molecular weight is 314 g/mol. The van der Waals surface area contributed by atoms with Gasteiger partial charge in [-0.15, -0.1) is 0 Å². The second-order valence-corrected chi connectivity index (χ2v) is 6.67. The number of nitrogens with one attached hydrogen (secondary N) is 3. The van der Waals surface area contributed by atoms with Gasteiger partial charge < -0.3 is 21.7 Å². The van der Waals surface area contributed by atoms with Gasteiger partial charge in [0.25, 0.3) is 0 Å². The van der Waals surface area contributed by atoms with Crippen LogP contribution < -0.4 is 21.7 Å². The van der Waals surface area contributed by atoms with Gasteiger partial charge in [0, 0.05) is 24.3 Å². The summed E-state index contributed by atoms with van der Waals surface area (Å²) in [6, 6.07) is -1.08. The maximum atomic E-state index is 12.2. The van der Waals surface area contributed by atoms with E-state index in [2.05, 4.69) is 16.0 Å². The minimum Gasteiger partial charge on any atom is -0.368 e. The smallest absolute Gasteiger partial charge is 0.240 e. The Morgan fingerprint density at radius 1 is 1.52 bits per heavy atom. The van der Waals surface area contributed by atoms with Crippen LogP contribution in [0, 0.1) is 5.92 Å². The van der Waals surface area contributed by atoms with E-state index < -0.39 is 11.9 Å². The van der Waals surface area contributed by atoms with Crippen LogP contribution in [0.5, 0.6) is 0 Å². The summed E-state index contributed by atoms with van der Waals surface area (Å²) >= 11 is 1.72. The SMILES string of the molecule is CSC1CNC(C(=O)N[C@@H](C[C@@H]2CCNC2=O)C(N)=O)C1. The lowest BCUT2D eigenvalue weighted by Gasteiger charge is -2.20. The van der Waals surface area contributed by atoms with E-state index in [9.17, 15) is 14.4 Å². The van der Waals surface area contributed by atoms with Crippen molar-refractivity contribution in [1.82, 2.24) is 16.0 Å². The molecule has 0 spiro atoms. The molecule has 2 aliphatic rings. The van der Waals surface area contributed by atoms with Crippen LogP contribution in [0.25, 0.3) is 0 Å². The average Bonchev–Trinajstić information content (AvgIpc) is 3.07. The molecule has 0 saturated carbocycles. The molecule has 2 fully saturated rings. The molecule has 2 unspecified atom stereocenters. The van der Waals surface area contributed by atoms with E-state index in [1.54, 1.807) is 11.8 Å². The number of thioether (sulfide) groups is 1. The van der Waals surface area contributed by atoms with Crippen molar-refractivity contribution >= 4 is 29.5 Å². The third-order valence-corrected chi connectivity index (χ3v) is 5.11. The van der Waals surface area contributed by atoms with Crippen molar-refractivity contribution in [2.24, 2.45) is 11.7 Å². The summed E-state index contributed by atoms with van der Waals surface area (Å²) in [4.78, 5) is 35.3. The Labute approximate surface area is 128 Å². The first-order chi connectivity index (χ1) is 10.0. The highest BCUT2D eigenvalue weighted by Gasteiger charge is 2.34. The molecule has 0 aromatic rings. The molecule has 118 valence electrons. The molecular formula is C13H22N4O3S. The van der Waals surface area contributed by atoms with Crippen LogP contribution in [0.3, 0.4) is 0 Å². The number of hydrogen-bond donors (Lipinski definition) is 4. The molecule has 7 nitrogen and oxygen atoms in total. The highest BCUT2D eigenvalue weighted by molar-refractivity contribution is 7.99. The summed E-state index contributed by atoms with van der Waals surface area (Å²) in [7, 11) is 0. The number of primary amides is 1. The lowest BCUT2D eigenvalue weighted by atomic mass is 9.97. The Balaban J connectivity index is 1.89. The molecule has 2 aliphatic heterocycles. The van der Waals surface area contributed by atoms with Crippen molar-refractivity contribution in [2.45, 2.75) is 36.6 Å². The van der Waals surface area contributed by atoms with Crippen molar-refractivity contribution in [2.75, 3.05) is 19.3 Å². The summed E-state index contributed by atoms with van der Waals surface area (Å²) in [5.74, 6) is -1.13. The first kappa shape index (κ1) is 16.1. The number of carbonyl (C=O) groups excluding carboxylic acids is 3. The first-order valence-electron chi connectivity index (χ1n) is 7.14. The van der Waals surface area contributed by atoms with E-state index in [0.29, 0.717) is 18.2 Å². The second-order valence-electron chi connectivity index (χ2n) is 5.53. The van der Waals surface area contributed by atoms with Crippen molar-refractivity contribution < 1.29 is 14.4 Å². The zero-order valence-corrected chi connectivity index (χ0v) is 12.9. The summed E-state index contributed by atoms with van der Waals surface area (Å²) in [6.45, 7) is 1.40. The topological polar surface area (TPSA) is 113 Å². The number of carbonyl (C=O) groups is 3. The molecule has 0 aliphatic carbocycles. The van der Waals surface area contributed by atoms with Crippen molar-refractivity contribution in [3.8, 4) is 0 Å². The predicted octanol–water partition coefficient (Wildman–Crippen LogP) is -1.42. The normalized spacial score (nSPS) is 30.0. The van der Waals surface area contributed by atoms with Gasteiger partial charge in [-0.1, -0.05) is 0 Å². The largest absolute Gasteiger partial charge is 0.368 e. The Kier molecular flexibility index (Phi) is 5.46. The minimum atomic E-state index is -0.790. The number of hydrogen-bond acceptors (Lipinski definition) is 5. The van der Waals surface area contributed by atoms with Gasteiger partial charge in [-0.3, -0.25) is 14.4 Å². The van der Waals surface area contributed by atoms with Gasteiger partial charge in [-0.2, -0.15) is 11.8 Å². The predicted molar refractivity (Wildman–Crippen MR) is 80.6 cm³/mol. The zero-order valence-electron chi connectivity index (χ0n) is 12.1. The quantitative estimate of drug-likeness (QED) is 0.480. The molecule has 0 aromatic carbocycles. The molecule has 0 radical (unpaired) electrons. The lowest BCUT2D eigenvalue weighted by molar-refractivity contribution is -0.129. The van der Waals surface area contributed by atoms with Crippen LogP contribution in [-0.2, 0) is 14.4 Å². The van der Waals surface area contributed by atoms with Crippen molar-refractivity contribution in [3.63, 3.8) is 0 Å². The van der Waals surface area contributed by atoms with Crippen molar-refractivity contribution in [3.05, 3.63) is 0 Å². The summed E-state index contributed by atoms with van der Waals surface area (Å²) in [6.07, 6.45) is 3.69. The van der Waals surface area contributed by atoms with Crippen LogP contribution in [0.4, 0.5) is 0 Å². The third kappa shape index (κ3) is 4.10. The van der Waals surface area contributed by atoms with Crippen LogP contribution in [0.2, 0.25) is 0 Å². The maximum Gasteiger partial charge on any atom is 0.240 e. The number of rotatable bonds is 6. The molecular weight excluding hydrogens is 292 g/mol. The molecule has 0 bridgehead atoms. The molecule has 2 heterocycles. The van der Waals surface area contributed by atoms with E-state index in [0.717, 1.165) is 13.0 Å². The molecule has 8 heteroatoms. The fourth-order valence-electron chi connectivity index (χ4n) is 2.76. The minimum absolute atomic E-state index is 0.0723. The van der Waals surface area contributed by atoms with Gasteiger partial charge in [-0.25, -0.2) is 0 Å². The third-order valence-electron chi connectivity index (χ3n) is 4.08. The molecule has 3 amide bonds. The van der Waals surface area contributed by atoms with Crippen LogP contribution in [-0.4, -0.2) is 54.4 Å². The molecule has 4 atom stereocenters. The van der Waals surface area contributed by atoms with Gasteiger partial charge in [0.1, 0.15) is 6.04 Å². The van der Waals surface area contributed by atoms with E-state index in [4.69, 9.17) is 5.73 Å². The summed E-state index contributed by atoms with van der Waals surface area (Å²) in [5, 5.41) is 8.95. The summed E-state index contributed by atoms with van der Waals surface area (Å²) in [5.41, 5.74) is 5.35. The van der Waals surface area contributed by atoms with E-state index >= 15 is 0 Å². The van der Waals surface area contributed by atoms with E-state index in [1.807, 2.05) is 6.26 Å². The monoisotopic (exact) mass is 314 g/mol. The Bertz CT molecular complexity index is 432. The lowest BCUT2D eigenvalue weighted by Crippen LogP contribution is -2.51.